The van der Waals surface area contributed by atoms with Crippen molar-refractivity contribution in [1.29, 1.82) is 5.26 Å². The number of ether oxygens (including phenoxy) is 1. The van der Waals surface area contributed by atoms with Crippen molar-refractivity contribution >= 4 is 17.9 Å². The quantitative estimate of drug-likeness (QED) is 0.245. The molecule has 1 aromatic heterocycles. The van der Waals surface area contributed by atoms with E-state index in [1.165, 1.54) is 12.1 Å². The zero-order chi connectivity index (χ0) is 26.5. The fourth-order valence-electron chi connectivity index (χ4n) is 4.07. The number of nitriles is 1. The van der Waals surface area contributed by atoms with E-state index in [1.54, 1.807) is 36.0 Å². The summed E-state index contributed by atoms with van der Waals surface area (Å²) in [6.07, 6.45) is 3.90. The Morgan fingerprint density at radius 1 is 1.08 bits per heavy atom. The van der Waals surface area contributed by atoms with Gasteiger partial charge in [-0.15, -0.1) is 0 Å². The number of para-hydroxylation sites is 1. The second kappa shape index (κ2) is 11.1. The Balaban J connectivity index is 1.79. The van der Waals surface area contributed by atoms with Crippen LogP contribution in [0.1, 0.15) is 32.8 Å². The maximum Gasteiger partial charge on any atom is 0.271 e. The number of aromatic nitrogens is 2. The first-order valence-corrected chi connectivity index (χ1v) is 12.0. The number of amides is 2. The molecule has 0 unspecified atom stereocenters. The maximum atomic E-state index is 13.6. The second-order valence-corrected chi connectivity index (χ2v) is 8.92. The molecule has 0 atom stereocenters. The van der Waals surface area contributed by atoms with Crippen LogP contribution in [0.3, 0.4) is 0 Å². The summed E-state index contributed by atoms with van der Waals surface area (Å²) in [7, 11) is 0. The van der Waals surface area contributed by atoms with Crippen LogP contribution in [-0.2, 0) is 14.3 Å². The molecule has 0 spiro atoms. The van der Waals surface area contributed by atoms with Gasteiger partial charge in [0.15, 0.2) is 0 Å². The first-order valence-electron chi connectivity index (χ1n) is 12.0. The highest BCUT2D eigenvalue weighted by molar-refractivity contribution is 6.19. The second-order valence-electron chi connectivity index (χ2n) is 8.92. The van der Waals surface area contributed by atoms with Crippen LogP contribution in [-0.4, -0.2) is 45.8 Å². The van der Waals surface area contributed by atoms with Gasteiger partial charge in [0.25, 0.3) is 11.8 Å². The third-order valence-corrected chi connectivity index (χ3v) is 5.98. The van der Waals surface area contributed by atoms with Crippen molar-refractivity contribution in [1.82, 2.24) is 14.7 Å². The van der Waals surface area contributed by atoms with Crippen LogP contribution < -0.4 is 0 Å². The van der Waals surface area contributed by atoms with Crippen LogP contribution in [0.2, 0.25) is 0 Å². The minimum atomic E-state index is -0.606. The third kappa shape index (κ3) is 5.57. The van der Waals surface area contributed by atoms with Crippen LogP contribution in [0.15, 0.2) is 77.5 Å². The van der Waals surface area contributed by atoms with Gasteiger partial charge in [-0.25, -0.2) is 9.07 Å². The smallest absolute Gasteiger partial charge is 0.271 e. The van der Waals surface area contributed by atoms with Crippen LogP contribution in [0.4, 0.5) is 4.39 Å². The molecule has 2 amide bonds. The number of imide groups is 1. The van der Waals surface area contributed by atoms with E-state index in [1.807, 2.05) is 50.2 Å². The van der Waals surface area contributed by atoms with Crippen molar-refractivity contribution in [2.75, 3.05) is 13.2 Å². The summed E-state index contributed by atoms with van der Waals surface area (Å²) in [5.41, 5.74) is 3.05. The molecule has 188 valence electrons. The van der Waals surface area contributed by atoms with E-state index in [0.29, 0.717) is 35.4 Å². The molecule has 3 aromatic rings. The first-order chi connectivity index (χ1) is 17.8. The van der Waals surface area contributed by atoms with Crippen LogP contribution >= 0.6 is 0 Å². The zero-order valence-corrected chi connectivity index (χ0v) is 20.9. The molecule has 4 rings (SSSR count). The highest BCUT2D eigenvalue weighted by Crippen LogP contribution is 2.31. The summed E-state index contributed by atoms with van der Waals surface area (Å²) in [5.74, 6) is -1.46. The Bertz CT molecular complexity index is 1410. The molecule has 2 heterocycles. The molecule has 8 heteroatoms. The molecule has 1 aliphatic rings. The summed E-state index contributed by atoms with van der Waals surface area (Å²) >= 11 is 0. The van der Waals surface area contributed by atoms with Crippen molar-refractivity contribution in [2.45, 2.75) is 33.3 Å². The molecule has 1 aliphatic heterocycles. The van der Waals surface area contributed by atoms with Crippen LogP contribution in [0.5, 0.6) is 0 Å². The fraction of sp³-hybridized carbons (Fsp3) is 0.241. The van der Waals surface area contributed by atoms with Gasteiger partial charge in [0, 0.05) is 36.0 Å². The topological polar surface area (TPSA) is 88.2 Å². The van der Waals surface area contributed by atoms with Gasteiger partial charge in [0.05, 0.1) is 17.5 Å². The van der Waals surface area contributed by atoms with E-state index in [4.69, 9.17) is 9.84 Å². The Morgan fingerprint density at radius 2 is 1.78 bits per heavy atom. The van der Waals surface area contributed by atoms with Gasteiger partial charge in [-0.2, -0.15) is 10.4 Å². The molecule has 0 saturated carbocycles. The predicted octanol–water partition coefficient (Wildman–Crippen LogP) is 5.09. The lowest BCUT2D eigenvalue weighted by molar-refractivity contribution is -0.140. The number of rotatable bonds is 8. The first kappa shape index (κ1) is 25.7. The summed E-state index contributed by atoms with van der Waals surface area (Å²) in [6.45, 7) is 5.93. The largest absolute Gasteiger partial charge is 0.379 e. The van der Waals surface area contributed by atoms with Gasteiger partial charge in [-0.3, -0.25) is 14.5 Å². The lowest BCUT2D eigenvalue weighted by atomic mass is 9.93. The SMILES string of the molecule is CC1=C(C#N)C(=O)N(CCCOC(C)C)C(=O)/C1=C/c1cn(-c2ccccc2)nc1-c1ccc(F)cc1. The van der Waals surface area contributed by atoms with Crippen LogP contribution in [0, 0.1) is 17.1 Å². The van der Waals surface area contributed by atoms with Crippen molar-refractivity contribution < 1.29 is 18.7 Å². The van der Waals surface area contributed by atoms with Crippen LogP contribution in [0.25, 0.3) is 23.0 Å². The van der Waals surface area contributed by atoms with Gasteiger partial charge in [0.1, 0.15) is 17.5 Å². The number of hydrogen-bond acceptors (Lipinski definition) is 5. The Labute approximate surface area is 215 Å². The van der Waals surface area contributed by atoms with E-state index in [0.717, 1.165) is 10.6 Å². The minimum Gasteiger partial charge on any atom is -0.379 e. The summed E-state index contributed by atoms with van der Waals surface area (Å²) in [6, 6.07) is 17.3. The highest BCUT2D eigenvalue weighted by atomic mass is 19.1. The molecule has 0 radical (unpaired) electrons. The molecule has 0 aliphatic carbocycles. The summed E-state index contributed by atoms with van der Waals surface area (Å²) in [4.78, 5) is 27.5. The van der Waals surface area contributed by atoms with E-state index >= 15 is 0 Å². The molecular weight excluding hydrogens is 471 g/mol. The molecule has 0 N–H and O–H groups in total. The number of hydrogen-bond donors (Lipinski definition) is 0. The van der Waals surface area contributed by atoms with Crippen molar-refractivity contribution in [3.05, 3.63) is 88.9 Å². The average molecular weight is 499 g/mol. The van der Waals surface area contributed by atoms with Crippen molar-refractivity contribution in [3.63, 3.8) is 0 Å². The minimum absolute atomic E-state index is 0.0334. The Hall–Kier alpha value is -4.35. The monoisotopic (exact) mass is 498 g/mol. The Morgan fingerprint density at radius 3 is 2.43 bits per heavy atom. The lowest BCUT2D eigenvalue weighted by Gasteiger charge is -2.27. The summed E-state index contributed by atoms with van der Waals surface area (Å²) < 4.78 is 20.8. The van der Waals surface area contributed by atoms with E-state index in [-0.39, 0.29) is 29.6 Å². The third-order valence-electron chi connectivity index (χ3n) is 5.98. The molecule has 7 nitrogen and oxygen atoms in total. The van der Waals surface area contributed by atoms with E-state index in [2.05, 4.69) is 0 Å². The van der Waals surface area contributed by atoms with E-state index < -0.39 is 11.8 Å². The number of carbonyl (C=O) groups excluding carboxylic acids is 2. The zero-order valence-electron chi connectivity index (χ0n) is 20.9. The van der Waals surface area contributed by atoms with Crippen molar-refractivity contribution in [3.8, 4) is 23.0 Å². The number of halogens is 1. The lowest BCUT2D eigenvalue weighted by Crippen LogP contribution is -2.43. The molecule has 0 saturated heterocycles. The summed E-state index contributed by atoms with van der Waals surface area (Å²) in [5, 5.41) is 14.4. The predicted molar refractivity (Wildman–Crippen MR) is 138 cm³/mol. The van der Waals surface area contributed by atoms with Crippen molar-refractivity contribution in [2.24, 2.45) is 0 Å². The number of carbonyl (C=O) groups is 2. The number of nitrogens with zero attached hydrogens (tertiary/aromatic N) is 4. The van der Waals surface area contributed by atoms with Gasteiger partial charge in [-0.05, 0) is 75.2 Å². The van der Waals surface area contributed by atoms with E-state index in [9.17, 15) is 19.2 Å². The maximum absolute atomic E-state index is 13.6. The molecule has 0 fully saturated rings. The standard InChI is InChI=1S/C29H27FN4O3/c1-19(2)37-15-7-14-33-28(35)25(20(3)26(17-31)29(33)36)16-22-18-34(24-8-5-4-6-9-24)32-27(22)21-10-12-23(30)13-11-21/h4-6,8-13,16,18-19H,7,14-15H2,1-3H3/b25-16+. The van der Waals surface area contributed by atoms with Gasteiger partial charge in [-0.1, -0.05) is 18.2 Å². The number of benzene rings is 2. The Kier molecular flexibility index (Phi) is 7.75. The molecule has 0 bridgehead atoms. The highest BCUT2D eigenvalue weighted by Gasteiger charge is 2.35. The molecule has 2 aromatic carbocycles. The van der Waals surface area contributed by atoms with Gasteiger partial charge in [0.2, 0.25) is 0 Å². The molecular formula is C29H27FN4O3. The normalized spacial score (nSPS) is 15.1. The fourth-order valence-corrected chi connectivity index (χ4v) is 4.07. The van der Waals surface area contributed by atoms with Gasteiger partial charge < -0.3 is 4.74 Å². The van der Waals surface area contributed by atoms with Gasteiger partial charge >= 0.3 is 0 Å². The molecule has 37 heavy (non-hydrogen) atoms. The average Bonchev–Trinajstić information content (AvgIpc) is 3.31.